The summed E-state index contributed by atoms with van der Waals surface area (Å²) in [6, 6.07) is 16.2. The van der Waals surface area contributed by atoms with Crippen molar-refractivity contribution in [2.45, 2.75) is 45.8 Å². The van der Waals surface area contributed by atoms with Crippen LogP contribution in [0, 0.1) is 17.2 Å². The molecule has 1 aromatic heterocycles. The molecule has 0 aliphatic rings. The summed E-state index contributed by atoms with van der Waals surface area (Å²) < 4.78 is 1.94. The van der Waals surface area contributed by atoms with Crippen molar-refractivity contribution >= 4 is 11.9 Å². The minimum Gasteiger partial charge on any atom is -0.478 e. The Kier molecular flexibility index (Phi) is 9.16. The highest BCUT2D eigenvalue weighted by molar-refractivity contribution is 5.87. The van der Waals surface area contributed by atoms with Gasteiger partial charge in [-0.15, -0.1) is 0 Å². The fourth-order valence-electron chi connectivity index (χ4n) is 3.76. The van der Waals surface area contributed by atoms with Crippen LogP contribution < -0.4 is 10.6 Å². The van der Waals surface area contributed by atoms with Crippen LogP contribution in [0.1, 0.15) is 53.0 Å². The van der Waals surface area contributed by atoms with Gasteiger partial charge in [-0.1, -0.05) is 44.5 Å². The van der Waals surface area contributed by atoms with E-state index in [1.807, 2.05) is 16.7 Å². The van der Waals surface area contributed by atoms with Crippen LogP contribution >= 0.6 is 0 Å². The van der Waals surface area contributed by atoms with E-state index in [1.54, 1.807) is 48.9 Å². The lowest BCUT2D eigenvalue weighted by Crippen LogP contribution is -2.46. The number of aromatic nitrogens is 2. The maximum atomic E-state index is 12.9. The Morgan fingerprint density at radius 2 is 1.80 bits per heavy atom. The average Bonchev–Trinajstić information content (AvgIpc) is 3.29. The summed E-state index contributed by atoms with van der Waals surface area (Å²) >= 11 is 0. The molecule has 0 aliphatic heterocycles. The Morgan fingerprint density at radius 3 is 2.43 bits per heavy atom. The van der Waals surface area contributed by atoms with E-state index in [1.165, 1.54) is 0 Å². The SMILES string of the molecule is CC[C@H](C)[C@@H](CNCc1ccc(C(=O)O)cc1)NC(=O)Cc1cncn1Cc1ccc(C#N)cc1. The van der Waals surface area contributed by atoms with Crippen molar-refractivity contribution in [1.29, 1.82) is 5.26 Å². The molecule has 0 bridgehead atoms. The molecule has 0 spiro atoms. The number of nitrogens with zero attached hydrogens (tertiary/aromatic N) is 3. The molecule has 35 heavy (non-hydrogen) atoms. The zero-order chi connectivity index (χ0) is 25.2. The third-order valence-corrected chi connectivity index (χ3v) is 6.15. The van der Waals surface area contributed by atoms with Crippen LogP contribution in [-0.4, -0.2) is 39.1 Å². The van der Waals surface area contributed by atoms with E-state index in [-0.39, 0.29) is 29.9 Å². The van der Waals surface area contributed by atoms with Gasteiger partial charge in [-0.2, -0.15) is 5.26 Å². The molecule has 0 fully saturated rings. The minimum atomic E-state index is -0.942. The molecule has 2 aromatic carbocycles. The summed E-state index contributed by atoms with van der Waals surface area (Å²) in [5, 5.41) is 24.5. The van der Waals surface area contributed by atoms with Crippen LogP contribution in [0.3, 0.4) is 0 Å². The Morgan fingerprint density at radius 1 is 1.11 bits per heavy atom. The maximum absolute atomic E-state index is 12.9. The number of benzene rings is 2. The van der Waals surface area contributed by atoms with E-state index in [9.17, 15) is 9.59 Å². The Hall–Kier alpha value is -3.96. The summed E-state index contributed by atoms with van der Waals surface area (Å²) in [7, 11) is 0. The molecule has 0 saturated heterocycles. The Bertz CT molecular complexity index is 1160. The van der Waals surface area contributed by atoms with Crippen molar-refractivity contribution < 1.29 is 14.7 Å². The van der Waals surface area contributed by atoms with E-state index < -0.39 is 5.97 Å². The van der Waals surface area contributed by atoms with Gasteiger partial charge in [-0.05, 0) is 41.3 Å². The van der Waals surface area contributed by atoms with Crippen LogP contribution in [0.4, 0.5) is 0 Å². The van der Waals surface area contributed by atoms with E-state index in [4.69, 9.17) is 10.4 Å². The fourth-order valence-corrected chi connectivity index (χ4v) is 3.76. The van der Waals surface area contributed by atoms with Crippen molar-refractivity contribution in [3.63, 3.8) is 0 Å². The van der Waals surface area contributed by atoms with Gasteiger partial charge in [0.1, 0.15) is 0 Å². The van der Waals surface area contributed by atoms with Gasteiger partial charge in [0.2, 0.25) is 5.91 Å². The molecule has 0 saturated carbocycles. The number of imidazole rings is 1. The second kappa shape index (κ2) is 12.5. The van der Waals surface area contributed by atoms with Crippen molar-refractivity contribution in [2.75, 3.05) is 6.54 Å². The Balaban J connectivity index is 1.55. The molecule has 1 amide bonds. The van der Waals surface area contributed by atoms with Gasteiger partial charge in [0.05, 0.1) is 29.9 Å². The first-order chi connectivity index (χ1) is 16.9. The summed E-state index contributed by atoms with van der Waals surface area (Å²) in [5.74, 6) is -0.726. The number of carboxylic acid groups (broad SMARTS) is 1. The molecule has 2 atom stereocenters. The molecule has 8 nitrogen and oxygen atoms in total. The van der Waals surface area contributed by atoms with Gasteiger partial charge in [0.15, 0.2) is 0 Å². The normalized spacial score (nSPS) is 12.5. The number of hydrogen-bond acceptors (Lipinski definition) is 5. The van der Waals surface area contributed by atoms with Gasteiger partial charge in [-0.3, -0.25) is 4.79 Å². The second-order valence-electron chi connectivity index (χ2n) is 8.69. The quantitative estimate of drug-likeness (QED) is 0.371. The molecule has 3 N–H and O–H groups in total. The van der Waals surface area contributed by atoms with Crippen molar-refractivity contribution in [3.8, 4) is 6.07 Å². The highest BCUT2D eigenvalue weighted by Crippen LogP contribution is 2.11. The standard InChI is InChI=1S/C27H31N5O3/c1-3-19(2)25(16-29-14-21-8-10-23(11-9-21)27(34)35)31-26(33)12-24-15-30-18-32(24)17-22-6-4-20(13-28)5-7-22/h4-11,15,18-19,25,29H,3,12,14,16-17H2,1-2H3,(H,31,33)(H,34,35)/t19-,25+/m0/s1. The largest absolute Gasteiger partial charge is 0.478 e. The first-order valence-electron chi connectivity index (χ1n) is 11.7. The first-order valence-corrected chi connectivity index (χ1v) is 11.7. The number of rotatable bonds is 12. The van der Waals surface area contributed by atoms with Gasteiger partial charge < -0.3 is 20.3 Å². The molecule has 0 aliphatic carbocycles. The van der Waals surface area contributed by atoms with E-state index >= 15 is 0 Å². The molecule has 0 radical (unpaired) electrons. The molecule has 3 aromatic rings. The molecule has 1 heterocycles. The number of carboxylic acids is 1. The van der Waals surface area contributed by atoms with Crippen molar-refractivity contribution in [2.24, 2.45) is 5.92 Å². The lowest BCUT2D eigenvalue weighted by molar-refractivity contribution is -0.121. The molecule has 182 valence electrons. The van der Waals surface area contributed by atoms with Crippen molar-refractivity contribution in [3.05, 3.63) is 89.0 Å². The lowest BCUT2D eigenvalue weighted by Gasteiger charge is -2.25. The number of carbonyl (C=O) groups is 2. The van der Waals surface area contributed by atoms with Gasteiger partial charge in [-0.25, -0.2) is 9.78 Å². The number of nitrogens with one attached hydrogen (secondary N) is 2. The number of amides is 1. The van der Waals surface area contributed by atoms with Crippen LogP contribution in [-0.2, 0) is 24.3 Å². The van der Waals surface area contributed by atoms with Gasteiger partial charge in [0.25, 0.3) is 0 Å². The maximum Gasteiger partial charge on any atom is 0.335 e. The minimum absolute atomic E-state index is 0.0410. The monoisotopic (exact) mass is 473 g/mol. The van der Waals surface area contributed by atoms with Crippen LogP contribution in [0.25, 0.3) is 0 Å². The third kappa shape index (κ3) is 7.52. The van der Waals surface area contributed by atoms with E-state index in [0.29, 0.717) is 25.2 Å². The molecule has 3 rings (SSSR count). The summed E-state index contributed by atoms with van der Waals surface area (Å²) in [5.41, 5.74) is 3.71. The smallest absolute Gasteiger partial charge is 0.335 e. The second-order valence-corrected chi connectivity index (χ2v) is 8.69. The third-order valence-electron chi connectivity index (χ3n) is 6.15. The van der Waals surface area contributed by atoms with E-state index in [0.717, 1.165) is 23.2 Å². The zero-order valence-electron chi connectivity index (χ0n) is 20.1. The van der Waals surface area contributed by atoms with E-state index in [2.05, 4.69) is 35.5 Å². The molecule has 0 unspecified atom stereocenters. The molecule has 8 heteroatoms. The number of aromatic carboxylic acids is 1. The van der Waals surface area contributed by atoms with Gasteiger partial charge in [0, 0.05) is 37.6 Å². The topological polar surface area (TPSA) is 120 Å². The lowest BCUT2D eigenvalue weighted by atomic mass is 9.98. The molecular formula is C27H31N5O3. The fraction of sp³-hybridized carbons (Fsp3) is 0.333. The predicted molar refractivity (Wildman–Crippen MR) is 133 cm³/mol. The highest BCUT2D eigenvalue weighted by atomic mass is 16.4. The van der Waals surface area contributed by atoms with Crippen LogP contribution in [0.2, 0.25) is 0 Å². The van der Waals surface area contributed by atoms with Gasteiger partial charge >= 0.3 is 5.97 Å². The highest BCUT2D eigenvalue weighted by Gasteiger charge is 2.19. The summed E-state index contributed by atoms with van der Waals surface area (Å²) in [6.45, 7) is 5.97. The molecular weight excluding hydrogens is 442 g/mol. The number of carbonyl (C=O) groups excluding carboxylic acids is 1. The predicted octanol–water partition coefficient (Wildman–Crippen LogP) is 3.36. The zero-order valence-corrected chi connectivity index (χ0v) is 20.1. The summed E-state index contributed by atoms with van der Waals surface area (Å²) in [6.07, 6.45) is 4.57. The van der Waals surface area contributed by atoms with Crippen LogP contribution in [0.15, 0.2) is 61.1 Å². The number of hydrogen-bond donors (Lipinski definition) is 3. The summed E-state index contributed by atoms with van der Waals surface area (Å²) in [4.78, 5) is 28.1. The van der Waals surface area contributed by atoms with Crippen molar-refractivity contribution in [1.82, 2.24) is 20.2 Å². The Labute approximate surface area is 205 Å². The average molecular weight is 474 g/mol. The number of nitriles is 1. The first kappa shape index (κ1) is 25.7. The van der Waals surface area contributed by atoms with Crippen LogP contribution in [0.5, 0.6) is 0 Å².